The smallest absolute Gasteiger partial charge is 0.140 e. The number of methoxy groups -OCH3 is 1. The van der Waals surface area contributed by atoms with Crippen LogP contribution in [0.4, 0.5) is 0 Å². The molecule has 2 rings (SSSR count). The van der Waals surface area contributed by atoms with Gasteiger partial charge in [0.25, 0.3) is 0 Å². The van der Waals surface area contributed by atoms with Crippen molar-refractivity contribution in [3.05, 3.63) is 42.0 Å². The van der Waals surface area contributed by atoms with Gasteiger partial charge in [0, 0.05) is 13.1 Å². The summed E-state index contributed by atoms with van der Waals surface area (Å²) in [4.78, 5) is 4.24. The van der Waals surface area contributed by atoms with Crippen molar-refractivity contribution in [1.29, 1.82) is 0 Å². The van der Waals surface area contributed by atoms with Gasteiger partial charge >= 0.3 is 0 Å². The molecular weight excluding hydrogens is 252 g/mol. The van der Waals surface area contributed by atoms with E-state index in [1.54, 1.807) is 18.1 Å². The molecule has 0 amide bonds. The van der Waals surface area contributed by atoms with E-state index in [-0.39, 0.29) is 6.04 Å². The van der Waals surface area contributed by atoms with Crippen LogP contribution in [0.2, 0.25) is 0 Å². The van der Waals surface area contributed by atoms with E-state index >= 15 is 0 Å². The van der Waals surface area contributed by atoms with E-state index in [9.17, 15) is 0 Å². The monoisotopic (exact) mass is 274 g/mol. The van der Waals surface area contributed by atoms with Gasteiger partial charge in [0.15, 0.2) is 0 Å². The number of hydrogen-bond donors (Lipinski definition) is 1. The molecule has 1 N–H and O–H groups in total. The van der Waals surface area contributed by atoms with Crippen molar-refractivity contribution < 1.29 is 4.74 Å². The molecule has 0 unspecified atom stereocenters. The summed E-state index contributed by atoms with van der Waals surface area (Å²) >= 11 is 0. The molecule has 0 fully saturated rings. The molecule has 20 heavy (non-hydrogen) atoms. The SMILES string of the molecule is COc1ccc([C@H](NCc2ncnn2C)C(C)C)cc1. The molecule has 0 saturated heterocycles. The van der Waals surface area contributed by atoms with Gasteiger partial charge in [-0.05, 0) is 23.6 Å². The second-order valence-corrected chi connectivity index (χ2v) is 5.18. The Morgan fingerprint density at radius 3 is 2.45 bits per heavy atom. The molecule has 1 heterocycles. The number of hydrogen-bond acceptors (Lipinski definition) is 4. The molecule has 0 spiro atoms. The van der Waals surface area contributed by atoms with Gasteiger partial charge in [0.2, 0.25) is 0 Å². The first-order chi connectivity index (χ1) is 9.61. The predicted octanol–water partition coefficient (Wildman–Crippen LogP) is 2.31. The summed E-state index contributed by atoms with van der Waals surface area (Å²) in [6.07, 6.45) is 1.58. The normalized spacial score (nSPS) is 12.7. The zero-order valence-corrected chi connectivity index (χ0v) is 12.5. The molecule has 0 saturated carbocycles. The summed E-state index contributed by atoms with van der Waals surface area (Å²) < 4.78 is 6.99. The van der Waals surface area contributed by atoms with Crippen molar-refractivity contribution in [1.82, 2.24) is 20.1 Å². The van der Waals surface area contributed by atoms with Crippen molar-refractivity contribution in [3.63, 3.8) is 0 Å². The van der Waals surface area contributed by atoms with Gasteiger partial charge < -0.3 is 10.1 Å². The Morgan fingerprint density at radius 1 is 1.25 bits per heavy atom. The molecule has 5 nitrogen and oxygen atoms in total. The number of benzene rings is 1. The molecule has 1 atom stereocenters. The van der Waals surface area contributed by atoms with Crippen molar-refractivity contribution in [2.45, 2.75) is 26.4 Å². The maximum atomic E-state index is 5.20. The molecule has 1 aromatic carbocycles. The average molecular weight is 274 g/mol. The second-order valence-electron chi connectivity index (χ2n) is 5.18. The van der Waals surface area contributed by atoms with Gasteiger partial charge in [0.1, 0.15) is 17.9 Å². The minimum Gasteiger partial charge on any atom is -0.497 e. The van der Waals surface area contributed by atoms with Gasteiger partial charge in [-0.2, -0.15) is 5.10 Å². The fourth-order valence-electron chi connectivity index (χ4n) is 2.23. The van der Waals surface area contributed by atoms with E-state index < -0.39 is 0 Å². The Balaban J connectivity index is 2.08. The third-order valence-electron chi connectivity index (χ3n) is 3.43. The van der Waals surface area contributed by atoms with Crippen LogP contribution >= 0.6 is 0 Å². The van der Waals surface area contributed by atoms with E-state index in [0.717, 1.165) is 11.6 Å². The van der Waals surface area contributed by atoms with Gasteiger partial charge in [-0.3, -0.25) is 4.68 Å². The highest BCUT2D eigenvalue weighted by atomic mass is 16.5. The highest BCUT2D eigenvalue weighted by Crippen LogP contribution is 2.24. The van der Waals surface area contributed by atoms with Crippen molar-refractivity contribution in [2.24, 2.45) is 13.0 Å². The zero-order chi connectivity index (χ0) is 14.5. The fraction of sp³-hybridized carbons (Fsp3) is 0.467. The number of nitrogens with one attached hydrogen (secondary N) is 1. The van der Waals surface area contributed by atoms with Crippen LogP contribution in [0.15, 0.2) is 30.6 Å². The highest BCUT2D eigenvalue weighted by molar-refractivity contribution is 5.29. The minimum atomic E-state index is 0.276. The lowest BCUT2D eigenvalue weighted by molar-refractivity contribution is 0.398. The molecule has 0 bridgehead atoms. The molecule has 2 aromatic rings. The lowest BCUT2D eigenvalue weighted by Gasteiger charge is -2.23. The summed E-state index contributed by atoms with van der Waals surface area (Å²) in [6, 6.07) is 8.47. The number of aromatic nitrogens is 3. The summed E-state index contributed by atoms with van der Waals surface area (Å²) in [5.41, 5.74) is 1.25. The number of nitrogens with zero attached hydrogens (tertiary/aromatic N) is 3. The van der Waals surface area contributed by atoms with Gasteiger partial charge in [-0.15, -0.1) is 0 Å². The maximum Gasteiger partial charge on any atom is 0.140 e. The van der Waals surface area contributed by atoms with Gasteiger partial charge in [0.05, 0.1) is 13.7 Å². The van der Waals surface area contributed by atoms with Gasteiger partial charge in [-0.25, -0.2) is 4.98 Å². The first kappa shape index (κ1) is 14.5. The maximum absolute atomic E-state index is 5.20. The van der Waals surface area contributed by atoms with Crippen LogP contribution in [0, 0.1) is 5.92 Å². The Hall–Kier alpha value is -1.88. The predicted molar refractivity (Wildman–Crippen MR) is 78.4 cm³/mol. The zero-order valence-electron chi connectivity index (χ0n) is 12.5. The van der Waals surface area contributed by atoms with Crippen molar-refractivity contribution >= 4 is 0 Å². The van der Waals surface area contributed by atoms with E-state index in [0.29, 0.717) is 12.5 Å². The highest BCUT2D eigenvalue weighted by Gasteiger charge is 2.16. The van der Waals surface area contributed by atoms with Crippen LogP contribution in [-0.2, 0) is 13.6 Å². The molecule has 0 aliphatic heterocycles. The standard InChI is InChI=1S/C15H22N4O/c1-11(2)15(12-5-7-13(20-4)8-6-12)16-9-14-17-10-18-19(14)3/h5-8,10-11,15-16H,9H2,1-4H3/t15-/m1/s1. The lowest BCUT2D eigenvalue weighted by atomic mass is 9.96. The Bertz CT molecular complexity index is 533. The molecule has 0 aliphatic rings. The third-order valence-corrected chi connectivity index (χ3v) is 3.43. The number of aryl methyl sites for hydroxylation is 1. The van der Waals surface area contributed by atoms with E-state index in [2.05, 4.69) is 41.4 Å². The lowest BCUT2D eigenvalue weighted by Crippen LogP contribution is -2.26. The summed E-state index contributed by atoms with van der Waals surface area (Å²) in [5.74, 6) is 2.30. The summed E-state index contributed by atoms with van der Waals surface area (Å²) in [7, 11) is 3.59. The average Bonchev–Trinajstić information content (AvgIpc) is 2.85. The van der Waals surface area contributed by atoms with Gasteiger partial charge in [-0.1, -0.05) is 26.0 Å². The minimum absolute atomic E-state index is 0.276. The summed E-state index contributed by atoms with van der Waals surface area (Å²) in [5, 5.41) is 7.64. The molecular formula is C15H22N4O. The molecule has 5 heteroatoms. The number of ether oxygens (including phenoxy) is 1. The second kappa shape index (κ2) is 6.52. The summed E-state index contributed by atoms with van der Waals surface area (Å²) in [6.45, 7) is 5.11. The molecule has 1 aromatic heterocycles. The van der Waals surface area contributed by atoms with Crippen molar-refractivity contribution in [2.75, 3.05) is 7.11 Å². The van der Waals surface area contributed by atoms with E-state index in [1.807, 2.05) is 19.2 Å². The topological polar surface area (TPSA) is 52.0 Å². The third kappa shape index (κ3) is 3.36. The first-order valence-corrected chi connectivity index (χ1v) is 6.82. The molecule has 108 valence electrons. The van der Waals surface area contributed by atoms with Crippen LogP contribution in [0.3, 0.4) is 0 Å². The van der Waals surface area contributed by atoms with Crippen LogP contribution in [-0.4, -0.2) is 21.9 Å². The first-order valence-electron chi connectivity index (χ1n) is 6.82. The Labute approximate surface area is 120 Å². The fourth-order valence-corrected chi connectivity index (χ4v) is 2.23. The Morgan fingerprint density at radius 2 is 1.95 bits per heavy atom. The largest absolute Gasteiger partial charge is 0.497 e. The Kier molecular flexibility index (Phi) is 4.74. The van der Waals surface area contributed by atoms with Crippen LogP contribution in [0.25, 0.3) is 0 Å². The van der Waals surface area contributed by atoms with Crippen LogP contribution in [0.1, 0.15) is 31.3 Å². The molecule has 0 aliphatic carbocycles. The number of rotatable bonds is 6. The van der Waals surface area contributed by atoms with E-state index in [4.69, 9.17) is 4.74 Å². The van der Waals surface area contributed by atoms with Crippen LogP contribution < -0.4 is 10.1 Å². The quantitative estimate of drug-likeness (QED) is 0.878. The van der Waals surface area contributed by atoms with Crippen LogP contribution in [0.5, 0.6) is 5.75 Å². The van der Waals surface area contributed by atoms with Crippen molar-refractivity contribution in [3.8, 4) is 5.75 Å². The molecule has 0 radical (unpaired) electrons. The van der Waals surface area contributed by atoms with E-state index in [1.165, 1.54) is 5.56 Å².